The molecule has 0 spiro atoms. The minimum absolute atomic E-state index is 0.0684. The molecule has 0 saturated carbocycles. The van der Waals surface area contributed by atoms with Crippen LogP contribution >= 0.6 is 0 Å². The summed E-state index contributed by atoms with van der Waals surface area (Å²) in [5.74, 6) is -2.01. The highest BCUT2D eigenvalue weighted by Crippen LogP contribution is 2.18. The largest absolute Gasteiger partial charge is 0.480 e. The highest BCUT2D eigenvalue weighted by atomic mass is 16.6. The summed E-state index contributed by atoms with van der Waals surface area (Å²) in [6.07, 6.45) is -3.66. The fourth-order valence-electron chi connectivity index (χ4n) is 3.24. The molecule has 2 aromatic carbocycles. The number of carboxylic acid groups (broad SMARTS) is 1. The fraction of sp³-hybridized carbons (Fsp3) is 0.414. The number of carbonyl (C=O) groups excluding carboxylic acids is 4. The standard InChI is InChI=1S/C29H36N2O10/c1-28(2,3)40-26(36)31(27(37)41-29(4,5)6)22(24(33)34)17-30-25(35)39-21-14-10-13-20(15-21)16-23(32)38-18-19-11-8-7-9-12-19/h7-15,22H,16-18H2,1-6H3,(H,30,35)(H,33,34)/t22-/m0/s1. The van der Waals surface area contributed by atoms with E-state index in [1.165, 1.54) is 12.1 Å². The molecular formula is C29H36N2O10. The van der Waals surface area contributed by atoms with E-state index < -0.39 is 54.0 Å². The maximum absolute atomic E-state index is 12.8. The minimum atomic E-state index is -1.88. The molecule has 2 aromatic rings. The van der Waals surface area contributed by atoms with Crippen molar-refractivity contribution in [3.8, 4) is 5.75 Å². The molecule has 0 unspecified atom stereocenters. The van der Waals surface area contributed by atoms with E-state index in [9.17, 15) is 29.1 Å². The van der Waals surface area contributed by atoms with Crippen LogP contribution in [0, 0.1) is 0 Å². The van der Waals surface area contributed by atoms with Gasteiger partial charge in [0, 0.05) is 0 Å². The Morgan fingerprint density at radius 1 is 0.829 bits per heavy atom. The number of nitrogens with zero attached hydrogens (tertiary/aromatic N) is 1. The van der Waals surface area contributed by atoms with Gasteiger partial charge >= 0.3 is 30.2 Å². The Morgan fingerprint density at radius 2 is 1.39 bits per heavy atom. The third kappa shape index (κ3) is 12.0. The Hall–Kier alpha value is -4.61. The van der Waals surface area contributed by atoms with Crippen LogP contribution in [0.15, 0.2) is 54.6 Å². The summed E-state index contributed by atoms with van der Waals surface area (Å²) in [5.41, 5.74) is -0.749. The summed E-state index contributed by atoms with van der Waals surface area (Å²) >= 11 is 0. The van der Waals surface area contributed by atoms with Gasteiger partial charge in [-0.1, -0.05) is 42.5 Å². The van der Waals surface area contributed by atoms with Crippen LogP contribution in [-0.2, 0) is 36.8 Å². The zero-order valence-corrected chi connectivity index (χ0v) is 24.0. The molecule has 0 aliphatic rings. The molecule has 0 aromatic heterocycles. The number of rotatable bonds is 9. The van der Waals surface area contributed by atoms with Gasteiger partial charge in [0.15, 0.2) is 6.04 Å². The van der Waals surface area contributed by atoms with E-state index in [-0.39, 0.29) is 18.8 Å². The van der Waals surface area contributed by atoms with Gasteiger partial charge in [0.05, 0.1) is 13.0 Å². The predicted molar refractivity (Wildman–Crippen MR) is 146 cm³/mol. The monoisotopic (exact) mass is 572 g/mol. The van der Waals surface area contributed by atoms with E-state index in [4.69, 9.17) is 18.9 Å². The number of imide groups is 1. The first kappa shape index (κ1) is 32.6. The number of esters is 1. The maximum Gasteiger partial charge on any atom is 0.420 e. The van der Waals surface area contributed by atoms with Gasteiger partial charge in [-0.25, -0.2) is 19.2 Å². The maximum atomic E-state index is 12.8. The quantitative estimate of drug-likeness (QED) is 0.319. The van der Waals surface area contributed by atoms with E-state index in [1.807, 2.05) is 30.3 Å². The molecule has 2 N–H and O–H groups in total. The fourth-order valence-corrected chi connectivity index (χ4v) is 3.24. The van der Waals surface area contributed by atoms with E-state index >= 15 is 0 Å². The Bertz CT molecular complexity index is 1200. The number of aliphatic carboxylic acids is 1. The molecule has 0 aliphatic carbocycles. The zero-order valence-electron chi connectivity index (χ0n) is 24.0. The average molecular weight is 573 g/mol. The van der Waals surface area contributed by atoms with Crippen LogP contribution in [0.4, 0.5) is 14.4 Å². The summed E-state index contributed by atoms with van der Waals surface area (Å²) in [6.45, 7) is 8.66. The third-order valence-corrected chi connectivity index (χ3v) is 4.92. The smallest absolute Gasteiger partial charge is 0.420 e. The van der Waals surface area contributed by atoms with Gasteiger partial charge in [-0.05, 0) is 64.8 Å². The molecule has 3 amide bonds. The normalized spacial score (nSPS) is 12.0. The van der Waals surface area contributed by atoms with Crippen molar-refractivity contribution in [3.05, 3.63) is 65.7 Å². The number of amides is 3. The topological polar surface area (TPSA) is 158 Å². The molecule has 12 nitrogen and oxygen atoms in total. The highest BCUT2D eigenvalue weighted by Gasteiger charge is 2.40. The van der Waals surface area contributed by atoms with Gasteiger partial charge < -0.3 is 29.4 Å². The molecule has 222 valence electrons. The summed E-state index contributed by atoms with van der Waals surface area (Å²) in [4.78, 5) is 62.6. The van der Waals surface area contributed by atoms with Crippen molar-refractivity contribution in [2.75, 3.05) is 6.54 Å². The zero-order chi connectivity index (χ0) is 30.8. The van der Waals surface area contributed by atoms with Crippen molar-refractivity contribution >= 4 is 30.2 Å². The first-order chi connectivity index (χ1) is 19.0. The van der Waals surface area contributed by atoms with Crippen molar-refractivity contribution < 1.29 is 48.0 Å². The first-order valence-corrected chi connectivity index (χ1v) is 12.8. The summed E-state index contributed by atoms with van der Waals surface area (Å²) in [6, 6.07) is 13.4. The van der Waals surface area contributed by atoms with Gasteiger partial charge in [0.25, 0.3) is 0 Å². The van der Waals surface area contributed by atoms with Crippen molar-refractivity contribution in [2.24, 2.45) is 0 Å². The highest BCUT2D eigenvalue weighted by molar-refractivity contribution is 5.94. The van der Waals surface area contributed by atoms with Crippen LogP contribution in [0.1, 0.15) is 52.7 Å². The Labute approximate surface area is 238 Å². The van der Waals surface area contributed by atoms with E-state index in [0.717, 1.165) is 5.56 Å². The lowest BCUT2D eigenvalue weighted by Crippen LogP contribution is -2.56. The molecular weight excluding hydrogens is 536 g/mol. The molecule has 2 rings (SSSR count). The predicted octanol–water partition coefficient (Wildman–Crippen LogP) is 4.69. The second-order valence-electron chi connectivity index (χ2n) is 10.9. The van der Waals surface area contributed by atoms with Crippen molar-refractivity contribution in [1.82, 2.24) is 10.2 Å². The van der Waals surface area contributed by atoms with Gasteiger partial charge in [-0.3, -0.25) is 4.79 Å². The van der Waals surface area contributed by atoms with Crippen molar-refractivity contribution in [2.45, 2.75) is 71.8 Å². The van der Waals surface area contributed by atoms with Crippen LogP contribution in [0.3, 0.4) is 0 Å². The molecule has 0 radical (unpaired) electrons. The van der Waals surface area contributed by atoms with Gasteiger partial charge in [0.2, 0.25) is 0 Å². The number of ether oxygens (including phenoxy) is 4. The number of hydrogen-bond donors (Lipinski definition) is 2. The Kier molecular flexibility index (Phi) is 11.3. The van der Waals surface area contributed by atoms with Crippen molar-refractivity contribution in [1.29, 1.82) is 0 Å². The van der Waals surface area contributed by atoms with Gasteiger partial charge in [-0.15, -0.1) is 0 Å². The molecule has 0 heterocycles. The van der Waals surface area contributed by atoms with Gasteiger partial charge in [-0.2, -0.15) is 4.90 Å². The van der Waals surface area contributed by atoms with E-state index in [1.54, 1.807) is 53.7 Å². The third-order valence-electron chi connectivity index (χ3n) is 4.92. The number of nitrogens with one attached hydrogen (secondary N) is 1. The van der Waals surface area contributed by atoms with E-state index in [0.29, 0.717) is 10.5 Å². The molecule has 0 bridgehead atoms. The lowest BCUT2D eigenvalue weighted by atomic mass is 10.1. The number of benzene rings is 2. The summed E-state index contributed by atoms with van der Waals surface area (Å²) in [7, 11) is 0. The lowest BCUT2D eigenvalue weighted by molar-refractivity contribution is -0.144. The molecule has 0 saturated heterocycles. The molecule has 0 fully saturated rings. The number of carbonyl (C=O) groups is 5. The molecule has 0 aliphatic heterocycles. The van der Waals surface area contributed by atoms with Crippen LogP contribution in [0.5, 0.6) is 5.75 Å². The second-order valence-corrected chi connectivity index (χ2v) is 10.9. The number of carboxylic acids is 1. The van der Waals surface area contributed by atoms with Gasteiger partial charge in [0.1, 0.15) is 23.6 Å². The van der Waals surface area contributed by atoms with Crippen LogP contribution in [0.25, 0.3) is 0 Å². The van der Waals surface area contributed by atoms with E-state index in [2.05, 4.69) is 5.32 Å². The molecule has 41 heavy (non-hydrogen) atoms. The average Bonchev–Trinajstić information content (AvgIpc) is 2.83. The van der Waals surface area contributed by atoms with Crippen LogP contribution in [0.2, 0.25) is 0 Å². The van der Waals surface area contributed by atoms with Crippen molar-refractivity contribution in [3.63, 3.8) is 0 Å². The SMILES string of the molecule is CC(C)(C)OC(=O)N(C(=O)OC(C)(C)C)[C@@H](CNC(=O)Oc1cccc(CC(=O)OCc2ccccc2)c1)C(=O)O. The summed E-state index contributed by atoms with van der Waals surface area (Å²) < 4.78 is 20.9. The second kappa shape index (κ2) is 14.1. The Balaban J connectivity index is 2.05. The van der Waals surface area contributed by atoms with Crippen LogP contribution < -0.4 is 10.1 Å². The lowest BCUT2D eigenvalue weighted by Gasteiger charge is -2.31. The Morgan fingerprint density at radius 3 is 1.93 bits per heavy atom. The summed E-state index contributed by atoms with van der Waals surface area (Å²) in [5, 5.41) is 12.0. The minimum Gasteiger partial charge on any atom is -0.480 e. The van der Waals surface area contributed by atoms with Crippen LogP contribution in [-0.4, -0.2) is 64.0 Å². The first-order valence-electron chi connectivity index (χ1n) is 12.8. The number of hydrogen-bond acceptors (Lipinski definition) is 9. The molecule has 1 atom stereocenters. The molecule has 12 heteroatoms.